The first-order valence-corrected chi connectivity index (χ1v) is 7.00. The highest BCUT2D eigenvalue weighted by Gasteiger charge is 2.00. The number of aryl methyl sites for hydroxylation is 2. The summed E-state index contributed by atoms with van der Waals surface area (Å²) in [6.07, 6.45) is 5.12. The van der Waals surface area contributed by atoms with Crippen molar-refractivity contribution in [1.82, 2.24) is 15.1 Å². The highest BCUT2D eigenvalue weighted by atomic mass is 15.3. The third-order valence-corrected chi connectivity index (χ3v) is 3.04. The Balaban J connectivity index is 1.77. The van der Waals surface area contributed by atoms with Gasteiger partial charge >= 0.3 is 0 Å². The summed E-state index contributed by atoms with van der Waals surface area (Å²) in [6.45, 7) is 7.33. The average Bonchev–Trinajstić information content (AvgIpc) is 2.85. The van der Waals surface area contributed by atoms with Crippen LogP contribution in [0, 0.1) is 5.92 Å². The molecule has 0 unspecified atom stereocenters. The molecule has 0 amide bonds. The van der Waals surface area contributed by atoms with Gasteiger partial charge in [-0.05, 0) is 24.4 Å². The van der Waals surface area contributed by atoms with Gasteiger partial charge in [-0.25, -0.2) is 0 Å². The topological polar surface area (TPSA) is 29.9 Å². The SMILES string of the molecule is CC(C)CNCc1cnn(CCc2ccccc2)c1. The molecule has 1 N–H and O–H groups in total. The number of hydrogen-bond acceptors (Lipinski definition) is 2. The van der Waals surface area contributed by atoms with Crippen molar-refractivity contribution >= 4 is 0 Å². The van der Waals surface area contributed by atoms with Crippen molar-refractivity contribution in [1.29, 1.82) is 0 Å². The molecule has 0 aliphatic carbocycles. The van der Waals surface area contributed by atoms with Crippen molar-refractivity contribution < 1.29 is 0 Å². The second-order valence-electron chi connectivity index (χ2n) is 5.37. The van der Waals surface area contributed by atoms with Crippen molar-refractivity contribution in [3.8, 4) is 0 Å². The minimum Gasteiger partial charge on any atom is -0.312 e. The molecular weight excluding hydrogens is 234 g/mol. The van der Waals surface area contributed by atoms with Crippen molar-refractivity contribution in [3.63, 3.8) is 0 Å². The maximum Gasteiger partial charge on any atom is 0.0534 e. The van der Waals surface area contributed by atoms with Crippen LogP contribution in [-0.4, -0.2) is 16.3 Å². The summed E-state index contributed by atoms with van der Waals surface area (Å²) in [5.74, 6) is 0.688. The van der Waals surface area contributed by atoms with E-state index in [9.17, 15) is 0 Å². The van der Waals surface area contributed by atoms with E-state index < -0.39 is 0 Å². The Morgan fingerprint density at radius 1 is 1.16 bits per heavy atom. The van der Waals surface area contributed by atoms with Crippen LogP contribution in [0.15, 0.2) is 42.7 Å². The monoisotopic (exact) mass is 257 g/mol. The Kier molecular flexibility index (Phi) is 5.16. The minimum absolute atomic E-state index is 0.688. The lowest BCUT2D eigenvalue weighted by molar-refractivity contribution is 0.551. The maximum absolute atomic E-state index is 4.41. The van der Waals surface area contributed by atoms with E-state index in [-0.39, 0.29) is 0 Å². The average molecular weight is 257 g/mol. The van der Waals surface area contributed by atoms with E-state index in [4.69, 9.17) is 0 Å². The van der Waals surface area contributed by atoms with Gasteiger partial charge in [0.1, 0.15) is 0 Å². The zero-order chi connectivity index (χ0) is 13.5. The van der Waals surface area contributed by atoms with Gasteiger partial charge in [-0.15, -0.1) is 0 Å². The molecule has 0 saturated heterocycles. The lowest BCUT2D eigenvalue weighted by atomic mass is 10.1. The van der Waals surface area contributed by atoms with Crippen LogP contribution in [0.2, 0.25) is 0 Å². The molecular formula is C16H23N3. The molecule has 3 nitrogen and oxygen atoms in total. The van der Waals surface area contributed by atoms with Crippen LogP contribution in [0.1, 0.15) is 25.0 Å². The van der Waals surface area contributed by atoms with E-state index in [1.807, 2.05) is 10.9 Å². The lowest BCUT2D eigenvalue weighted by Crippen LogP contribution is -2.18. The number of benzene rings is 1. The molecule has 0 bridgehead atoms. The molecule has 2 aromatic rings. The number of nitrogens with zero attached hydrogens (tertiary/aromatic N) is 2. The predicted octanol–water partition coefficient (Wildman–Crippen LogP) is 2.87. The van der Waals surface area contributed by atoms with E-state index in [1.165, 1.54) is 11.1 Å². The Morgan fingerprint density at radius 2 is 1.95 bits per heavy atom. The van der Waals surface area contributed by atoms with Gasteiger partial charge in [-0.1, -0.05) is 44.2 Å². The molecule has 3 heteroatoms. The lowest BCUT2D eigenvalue weighted by Gasteiger charge is -2.05. The minimum atomic E-state index is 0.688. The first-order chi connectivity index (χ1) is 9.24. The van der Waals surface area contributed by atoms with E-state index in [1.54, 1.807) is 0 Å². The van der Waals surface area contributed by atoms with Crippen LogP contribution in [0.25, 0.3) is 0 Å². The Morgan fingerprint density at radius 3 is 2.68 bits per heavy atom. The zero-order valence-corrected chi connectivity index (χ0v) is 11.8. The molecule has 0 aliphatic rings. The summed E-state index contributed by atoms with van der Waals surface area (Å²) in [4.78, 5) is 0. The number of nitrogens with one attached hydrogen (secondary N) is 1. The summed E-state index contributed by atoms with van der Waals surface area (Å²) in [6, 6.07) is 10.5. The first-order valence-electron chi connectivity index (χ1n) is 7.00. The molecule has 0 spiro atoms. The second-order valence-corrected chi connectivity index (χ2v) is 5.37. The van der Waals surface area contributed by atoms with Crippen LogP contribution in [0.3, 0.4) is 0 Å². The Hall–Kier alpha value is -1.61. The van der Waals surface area contributed by atoms with Gasteiger partial charge in [0.15, 0.2) is 0 Å². The third-order valence-electron chi connectivity index (χ3n) is 3.04. The molecule has 0 aliphatic heterocycles. The van der Waals surface area contributed by atoms with Crippen LogP contribution in [-0.2, 0) is 19.5 Å². The standard InChI is InChI=1S/C16H23N3/c1-14(2)10-17-11-16-12-18-19(13-16)9-8-15-6-4-3-5-7-15/h3-7,12-14,17H,8-11H2,1-2H3. The van der Waals surface area contributed by atoms with Crippen molar-refractivity contribution in [2.75, 3.05) is 6.54 Å². The van der Waals surface area contributed by atoms with Gasteiger partial charge in [-0.2, -0.15) is 5.10 Å². The van der Waals surface area contributed by atoms with Crippen LogP contribution >= 0.6 is 0 Å². The van der Waals surface area contributed by atoms with Crippen molar-refractivity contribution in [2.24, 2.45) is 5.92 Å². The van der Waals surface area contributed by atoms with Gasteiger partial charge in [0.05, 0.1) is 6.20 Å². The Labute approximate surface area is 115 Å². The van der Waals surface area contributed by atoms with E-state index in [0.717, 1.165) is 26.1 Å². The summed E-state index contributed by atoms with van der Waals surface area (Å²) in [5, 5.41) is 7.84. The van der Waals surface area contributed by atoms with E-state index in [0.29, 0.717) is 5.92 Å². The molecule has 0 radical (unpaired) electrons. The van der Waals surface area contributed by atoms with Crippen molar-refractivity contribution in [3.05, 3.63) is 53.9 Å². The summed E-state index contributed by atoms with van der Waals surface area (Å²) in [7, 11) is 0. The molecule has 2 rings (SSSR count). The first kappa shape index (κ1) is 13.8. The molecule has 1 aromatic carbocycles. The molecule has 102 valence electrons. The van der Waals surface area contributed by atoms with Gasteiger partial charge < -0.3 is 5.32 Å². The quantitative estimate of drug-likeness (QED) is 0.826. The third kappa shape index (κ3) is 4.87. The molecule has 19 heavy (non-hydrogen) atoms. The molecule has 0 saturated carbocycles. The van der Waals surface area contributed by atoms with Gasteiger partial charge in [-0.3, -0.25) is 4.68 Å². The second kappa shape index (κ2) is 7.10. The number of rotatable bonds is 7. The number of aromatic nitrogens is 2. The van der Waals surface area contributed by atoms with E-state index >= 15 is 0 Å². The maximum atomic E-state index is 4.41. The normalized spacial score (nSPS) is 11.1. The molecule has 0 atom stereocenters. The summed E-state index contributed by atoms with van der Waals surface area (Å²) >= 11 is 0. The molecule has 1 aromatic heterocycles. The van der Waals surface area contributed by atoms with Crippen LogP contribution in [0.4, 0.5) is 0 Å². The fraction of sp³-hybridized carbons (Fsp3) is 0.438. The van der Waals surface area contributed by atoms with Crippen LogP contribution < -0.4 is 5.32 Å². The van der Waals surface area contributed by atoms with E-state index in [2.05, 4.69) is 60.8 Å². The highest BCUT2D eigenvalue weighted by molar-refractivity contribution is 5.14. The summed E-state index contributed by atoms with van der Waals surface area (Å²) < 4.78 is 2.03. The zero-order valence-electron chi connectivity index (χ0n) is 11.8. The number of hydrogen-bond donors (Lipinski definition) is 1. The van der Waals surface area contributed by atoms with Crippen molar-refractivity contribution in [2.45, 2.75) is 33.4 Å². The van der Waals surface area contributed by atoms with Gasteiger partial charge in [0.2, 0.25) is 0 Å². The largest absolute Gasteiger partial charge is 0.312 e. The molecule has 1 heterocycles. The molecule has 0 fully saturated rings. The fourth-order valence-electron chi connectivity index (χ4n) is 2.01. The predicted molar refractivity (Wildman–Crippen MR) is 78.9 cm³/mol. The summed E-state index contributed by atoms with van der Waals surface area (Å²) in [5.41, 5.74) is 2.62. The fourth-order valence-corrected chi connectivity index (χ4v) is 2.01. The van der Waals surface area contributed by atoms with Gasteiger partial charge in [0.25, 0.3) is 0 Å². The highest BCUT2D eigenvalue weighted by Crippen LogP contribution is 2.03. The Bertz CT molecular complexity index is 474. The smallest absolute Gasteiger partial charge is 0.0534 e. The van der Waals surface area contributed by atoms with Gasteiger partial charge in [0, 0.05) is 24.8 Å². The van der Waals surface area contributed by atoms with Crippen LogP contribution in [0.5, 0.6) is 0 Å².